The third-order valence-corrected chi connectivity index (χ3v) is 4.70. The van der Waals surface area contributed by atoms with Gasteiger partial charge in [-0.2, -0.15) is 0 Å². The molecule has 0 bridgehead atoms. The molecule has 0 saturated carbocycles. The number of methoxy groups -OCH3 is 1. The van der Waals surface area contributed by atoms with Gasteiger partial charge in [-0.15, -0.1) is 0 Å². The van der Waals surface area contributed by atoms with Crippen molar-refractivity contribution in [3.05, 3.63) is 53.3 Å². The van der Waals surface area contributed by atoms with Crippen molar-refractivity contribution < 1.29 is 13.2 Å². The van der Waals surface area contributed by atoms with Crippen LogP contribution in [0.2, 0.25) is 5.15 Å². The average molecular weight is 327 g/mol. The lowest BCUT2D eigenvalue weighted by atomic mass is 10.1. The van der Waals surface area contributed by atoms with E-state index in [0.29, 0.717) is 0 Å². The third-order valence-electron chi connectivity index (χ3n) is 2.96. The predicted octanol–water partition coefficient (Wildman–Crippen LogP) is 2.78. The molecule has 1 aromatic carbocycles. The largest absolute Gasteiger partial charge is 0.497 e. The standard InChI is InChI=1S/C14H15ClN2O3S/c1-10(11-3-5-12(20-2)6-4-11)17-21(18,19)13-7-8-16-14(15)9-13/h3-10,17H,1-2H3. The summed E-state index contributed by atoms with van der Waals surface area (Å²) in [5.74, 6) is 0.717. The topological polar surface area (TPSA) is 68.3 Å². The first-order valence-electron chi connectivity index (χ1n) is 6.20. The Kier molecular flexibility index (Phi) is 4.82. The first-order valence-corrected chi connectivity index (χ1v) is 8.06. The molecule has 0 spiro atoms. The second-order valence-electron chi connectivity index (χ2n) is 4.43. The summed E-state index contributed by atoms with van der Waals surface area (Å²) in [6.07, 6.45) is 1.36. The summed E-state index contributed by atoms with van der Waals surface area (Å²) in [7, 11) is -2.07. The van der Waals surface area contributed by atoms with Crippen LogP contribution < -0.4 is 9.46 Å². The van der Waals surface area contributed by atoms with Crippen molar-refractivity contribution >= 4 is 21.6 Å². The fourth-order valence-corrected chi connectivity index (χ4v) is 3.30. The van der Waals surface area contributed by atoms with Gasteiger partial charge in [0.1, 0.15) is 10.9 Å². The van der Waals surface area contributed by atoms with Gasteiger partial charge >= 0.3 is 0 Å². The van der Waals surface area contributed by atoms with Gasteiger partial charge in [0.15, 0.2) is 0 Å². The molecule has 112 valence electrons. The van der Waals surface area contributed by atoms with E-state index in [1.54, 1.807) is 26.2 Å². The van der Waals surface area contributed by atoms with E-state index in [4.69, 9.17) is 16.3 Å². The quantitative estimate of drug-likeness (QED) is 0.858. The second-order valence-corrected chi connectivity index (χ2v) is 6.53. The lowest BCUT2D eigenvalue weighted by Gasteiger charge is -2.15. The molecule has 1 heterocycles. The Morgan fingerprint density at radius 3 is 2.48 bits per heavy atom. The molecule has 7 heteroatoms. The van der Waals surface area contributed by atoms with Crippen LogP contribution in [-0.4, -0.2) is 20.5 Å². The fraction of sp³-hybridized carbons (Fsp3) is 0.214. The van der Waals surface area contributed by atoms with E-state index in [1.807, 2.05) is 12.1 Å². The van der Waals surface area contributed by atoms with Crippen molar-refractivity contribution in [2.24, 2.45) is 0 Å². The molecule has 0 fully saturated rings. The molecule has 0 aliphatic carbocycles. The van der Waals surface area contributed by atoms with Crippen LogP contribution in [0.5, 0.6) is 5.75 Å². The first kappa shape index (κ1) is 15.8. The number of pyridine rings is 1. The molecule has 0 aliphatic rings. The van der Waals surface area contributed by atoms with Crippen molar-refractivity contribution in [2.75, 3.05) is 7.11 Å². The summed E-state index contributed by atoms with van der Waals surface area (Å²) in [6, 6.07) is 9.51. The summed E-state index contributed by atoms with van der Waals surface area (Å²) in [5, 5.41) is 0.134. The molecule has 1 N–H and O–H groups in total. The summed E-state index contributed by atoms with van der Waals surface area (Å²) in [6.45, 7) is 1.77. The summed E-state index contributed by atoms with van der Waals surface area (Å²) < 4.78 is 32.2. The predicted molar refractivity (Wildman–Crippen MR) is 81.0 cm³/mol. The monoisotopic (exact) mass is 326 g/mol. The molecule has 21 heavy (non-hydrogen) atoms. The van der Waals surface area contributed by atoms with Gasteiger partial charge in [0.2, 0.25) is 10.0 Å². The molecule has 2 rings (SSSR count). The Balaban J connectivity index is 2.19. The normalized spacial score (nSPS) is 12.9. The molecular weight excluding hydrogens is 312 g/mol. The molecule has 1 atom stereocenters. The van der Waals surface area contributed by atoms with Gasteiger partial charge in [-0.3, -0.25) is 0 Å². The van der Waals surface area contributed by atoms with Crippen molar-refractivity contribution in [1.29, 1.82) is 0 Å². The van der Waals surface area contributed by atoms with Gasteiger partial charge in [-0.05, 0) is 36.8 Å². The number of nitrogens with one attached hydrogen (secondary N) is 1. The van der Waals surface area contributed by atoms with Crippen LogP contribution >= 0.6 is 11.6 Å². The number of benzene rings is 1. The number of hydrogen-bond acceptors (Lipinski definition) is 4. The van der Waals surface area contributed by atoms with E-state index >= 15 is 0 Å². The van der Waals surface area contributed by atoms with Crippen molar-refractivity contribution in [1.82, 2.24) is 9.71 Å². The smallest absolute Gasteiger partial charge is 0.241 e. The van der Waals surface area contributed by atoms with Crippen molar-refractivity contribution in [3.63, 3.8) is 0 Å². The maximum Gasteiger partial charge on any atom is 0.241 e. The minimum atomic E-state index is -3.65. The summed E-state index contributed by atoms with van der Waals surface area (Å²) in [5.41, 5.74) is 0.833. The van der Waals surface area contributed by atoms with Gasteiger partial charge in [-0.1, -0.05) is 23.7 Å². The van der Waals surface area contributed by atoms with E-state index in [2.05, 4.69) is 9.71 Å². The summed E-state index contributed by atoms with van der Waals surface area (Å²) >= 11 is 5.72. The molecule has 2 aromatic rings. The number of sulfonamides is 1. The average Bonchev–Trinajstić information content (AvgIpc) is 2.47. The Hall–Kier alpha value is -1.63. The second kappa shape index (κ2) is 6.43. The van der Waals surface area contributed by atoms with Crippen LogP contribution in [-0.2, 0) is 10.0 Å². The lowest BCUT2D eigenvalue weighted by molar-refractivity contribution is 0.414. The van der Waals surface area contributed by atoms with Crippen LogP contribution in [0, 0.1) is 0 Å². The fourth-order valence-electron chi connectivity index (χ4n) is 1.81. The zero-order valence-corrected chi connectivity index (χ0v) is 13.1. The molecular formula is C14H15ClN2O3S. The van der Waals surface area contributed by atoms with E-state index in [-0.39, 0.29) is 16.1 Å². The van der Waals surface area contributed by atoms with E-state index in [1.165, 1.54) is 18.3 Å². The maximum absolute atomic E-state index is 12.3. The van der Waals surface area contributed by atoms with Crippen LogP contribution in [0.3, 0.4) is 0 Å². The van der Waals surface area contributed by atoms with Crippen LogP contribution in [0.15, 0.2) is 47.5 Å². The van der Waals surface area contributed by atoms with Crippen LogP contribution in [0.1, 0.15) is 18.5 Å². The minimum Gasteiger partial charge on any atom is -0.497 e. The Bertz CT molecular complexity index is 717. The van der Waals surface area contributed by atoms with Crippen molar-refractivity contribution in [3.8, 4) is 5.75 Å². The zero-order chi connectivity index (χ0) is 15.5. The highest BCUT2D eigenvalue weighted by atomic mass is 35.5. The Labute approximate surface area is 129 Å². The highest BCUT2D eigenvalue weighted by molar-refractivity contribution is 7.89. The number of aromatic nitrogens is 1. The van der Waals surface area contributed by atoms with Crippen molar-refractivity contribution in [2.45, 2.75) is 17.9 Å². The first-order chi connectivity index (χ1) is 9.92. The molecule has 0 aliphatic heterocycles. The van der Waals surface area contributed by atoms with Gasteiger partial charge in [-0.25, -0.2) is 18.1 Å². The zero-order valence-electron chi connectivity index (χ0n) is 11.6. The Morgan fingerprint density at radius 1 is 1.24 bits per heavy atom. The van der Waals surface area contributed by atoms with E-state index < -0.39 is 10.0 Å². The number of halogens is 1. The lowest BCUT2D eigenvalue weighted by Crippen LogP contribution is -2.26. The SMILES string of the molecule is COc1ccc(C(C)NS(=O)(=O)c2ccnc(Cl)c2)cc1. The Morgan fingerprint density at radius 2 is 1.90 bits per heavy atom. The number of ether oxygens (including phenoxy) is 1. The maximum atomic E-state index is 12.3. The number of hydrogen-bond donors (Lipinski definition) is 1. The van der Waals surface area contributed by atoms with Gasteiger partial charge < -0.3 is 4.74 Å². The van der Waals surface area contributed by atoms with Gasteiger partial charge in [0.05, 0.1) is 12.0 Å². The molecule has 0 saturated heterocycles. The molecule has 5 nitrogen and oxygen atoms in total. The van der Waals surface area contributed by atoms with E-state index in [0.717, 1.165) is 11.3 Å². The van der Waals surface area contributed by atoms with Crippen LogP contribution in [0.25, 0.3) is 0 Å². The summed E-state index contributed by atoms with van der Waals surface area (Å²) in [4.78, 5) is 3.86. The van der Waals surface area contributed by atoms with Crippen LogP contribution in [0.4, 0.5) is 0 Å². The number of rotatable bonds is 5. The highest BCUT2D eigenvalue weighted by Gasteiger charge is 2.18. The minimum absolute atomic E-state index is 0.0860. The molecule has 1 unspecified atom stereocenters. The van der Waals surface area contributed by atoms with Gasteiger partial charge in [0, 0.05) is 12.2 Å². The molecule has 0 radical (unpaired) electrons. The van der Waals surface area contributed by atoms with E-state index in [9.17, 15) is 8.42 Å². The number of nitrogens with zero attached hydrogens (tertiary/aromatic N) is 1. The highest BCUT2D eigenvalue weighted by Crippen LogP contribution is 2.20. The molecule has 0 amide bonds. The molecule has 1 aromatic heterocycles. The third kappa shape index (κ3) is 3.93. The van der Waals surface area contributed by atoms with Gasteiger partial charge in [0.25, 0.3) is 0 Å².